The van der Waals surface area contributed by atoms with Gasteiger partial charge < -0.3 is 5.73 Å². The molecule has 1 aromatic rings. The van der Waals surface area contributed by atoms with Crippen molar-refractivity contribution in [3.63, 3.8) is 0 Å². The lowest BCUT2D eigenvalue weighted by Crippen LogP contribution is -2.40. The first kappa shape index (κ1) is 20.2. The molecule has 0 bridgehead atoms. The molecule has 4 nitrogen and oxygen atoms in total. The van der Waals surface area contributed by atoms with E-state index in [4.69, 9.17) is 5.73 Å². The van der Waals surface area contributed by atoms with E-state index in [1.807, 2.05) is 0 Å². The quantitative estimate of drug-likeness (QED) is 0.883. The van der Waals surface area contributed by atoms with Crippen molar-refractivity contribution >= 4 is 22.4 Å². The van der Waals surface area contributed by atoms with Gasteiger partial charge in [0.25, 0.3) is 0 Å². The van der Waals surface area contributed by atoms with Crippen molar-refractivity contribution in [2.45, 2.75) is 30.3 Å². The first-order chi connectivity index (χ1) is 10.2. The first-order valence-electron chi connectivity index (χ1n) is 7.12. The summed E-state index contributed by atoms with van der Waals surface area (Å²) < 4.78 is 64.6. The number of sulfonamides is 1. The summed E-state index contributed by atoms with van der Waals surface area (Å²) in [5.74, 6) is 0.166. The Kier molecular flexibility index (Phi) is 6.88. The van der Waals surface area contributed by atoms with Gasteiger partial charge in [-0.15, -0.1) is 12.4 Å². The van der Waals surface area contributed by atoms with Crippen LogP contribution in [0.15, 0.2) is 29.2 Å². The molecule has 1 heterocycles. The van der Waals surface area contributed by atoms with Crippen molar-refractivity contribution in [1.82, 2.24) is 4.31 Å². The predicted molar refractivity (Wildman–Crippen MR) is 83.8 cm³/mol. The zero-order chi connectivity index (χ0) is 16.4. The van der Waals surface area contributed by atoms with Gasteiger partial charge in [-0.25, -0.2) is 8.42 Å². The number of benzene rings is 1. The van der Waals surface area contributed by atoms with E-state index in [0.717, 1.165) is 18.6 Å². The Hall–Kier alpha value is -0.830. The number of rotatable bonds is 4. The minimum atomic E-state index is -4.56. The summed E-state index contributed by atoms with van der Waals surface area (Å²) in [6, 6.07) is 3.89. The molecule has 1 saturated heterocycles. The lowest BCUT2D eigenvalue weighted by atomic mass is 9.96. The van der Waals surface area contributed by atoms with E-state index in [1.165, 1.54) is 10.4 Å². The second-order valence-electron chi connectivity index (χ2n) is 5.47. The maximum absolute atomic E-state index is 12.7. The van der Waals surface area contributed by atoms with E-state index in [-0.39, 0.29) is 23.2 Å². The molecule has 1 atom stereocenters. The molecule has 23 heavy (non-hydrogen) atoms. The number of halogens is 4. The Morgan fingerprint density at radius 2 is 2.00 bits per heavy atom. The minimum absolute atomic E-state index is 0. The van der Waals surface area contributed by atoms with E-state index >= 15 is 0 Å². The van der Waals surface area contributed by atoms with Crippen molar-refractivity contribution < 1.29 is 21.6 Å². The fourth-order valence-electron chi connectivity index (χ4n) is 2.70. The van der Waals surface area contributed by atoms with E-state index in [2.05, 4.69) is 0 Å². The van der Waals surface area contributed by atoms with Gasteiger partial charge in [0, 0.05) is 13.1 Å². The number of piperidine rings is 1. The maximum atomic E-state index is 12.7. The number of nitrogens with two attached hydrogens (primary N) is 1. The molecule has 0 aromatic heterocycles. The lowest BCUT2D eigenvalue weighted by Gasteiger charge is -2.31. The van der Waals surface area contributed by atoms with Gasteiger partial charge in [0.15, 0.2) is 0 Å². The summed E-state index contributed by atoms with van der Waals surface area (Å²) in [6.07, 6.45) is -2.25. The van der Waals surface area contributed by atoms with E-state index in [1.54, 1.807) is 0 Å². The summed E-state index contributed by atoms with van der Waals surface area (Å²) in [6.45, 7) is 1.12. The van der Waals surface area contributed by atoms with Crippen molar-refractivity contribution in [3.8, 4) is 0 Å². The molecule has 2 rings (SSSR count). The zero-order valence-corrected chi connectivity index (χ0v) is 14.1. The summed E-state index contributed by atoms with van der Waals surface area (Å²) in [4.78, 5) is -0.310. The predicted octanol–water partition coefficient (Wildman–Crippen LogP) is 2.88. The highest BCUT2D eigenvalue weighted by Gasteiger charge is 2.34. The van der Waals surface area contributed by atoms with Crippen LogP contribution in [0.1, 0.15) is 24.8 Å². The number of nitrogens with zero attached hydrogens (tertiary/aromatic N) is 1. The Morgan fingerprint density at radius 3 is 2.61 bits per heavy atom. The van der Waals surface area contributed by atoms with Gasteiger partial charge in [0.2, 0.25) is 10.0 Å². The molecule has 1 aromatic carbocycles. The van der Waals surface area contributed by atoms with Crippen molar-refractivity contribution in [2.75, 3.05) is 19.6 Å². The molecule has 1 unspecified atom stereocenters. The van der Waals surface area contributed by atoms with Gasteiger partial charge in [0.05, 0.1) is 10.5 Å². The fourth-order valence-corrected chi connectivity index (χ4v) is 4.30. The molecule has 1 aliphatic heterocycles. The van der Waals surface area contributed by atoms with Crippen LogP contribution in [0.5, 0.6) is 0 Å². The summed E-state index contributed by atoms with van der Waals surface area (Å²) in [5, 5.41) is 0. The van der Waals surface area contributed by atoms with Crippen LogP contribution >= 0.6 is 12.4 Å². The molecule has 1 fully saturated rings. The molecule has 0 aliphatic carbocycles. The van der Waals surface area contributed by atoms with Crippen LogP contribution in [-0.2, 0) is 16.2 Å². The highest BCUT2D eigenvalue weighted by molar-refractivity contribution is 7.89. The van der Waals surface area contributed by atoms with Crippen LogP contribution in [-0.4, -0.2) is 32.4 Å². The topological polar surface area (TPSA) is 63.4 Å². The minimum Gasteiger partial charge on any atom is -0.330 e. The van der Waals surface area contributed by atoms with E-state index in [9.17, 15) is 21.6 Å². The molecule has 0 saturated carbocycles. The van der Waals surface area contributed by atoms with Gasteiger partial charge in [-0.3, -0.25) is 0 Å². The molecule has 0 spiro atoms. The third kappa shape index (κ3) is 4.82. The SMILES string of the molecule is Cl.NCCC1CCCN(S(=O)(=O)c2cccc(C(F)(F)F)c2)C1. The van der Waals surface area contributed by atoms with Gasteiger partial charge in [-0.2, -0.15) is 17.5 Å². The Morgan fingerprint density at radius 1 is 1.30 bits per heavy atom. The summed E-state index contributed by atoms with van der Waals surface area (Å²) >= 11 is 0. The van der Waals surface area contributed by atoms with Crippen LogP contribution < -0.4 is 5.73 Å². The lowest BCUT2D eigenvalue weighted by molar-refractivity contribution is -0.137. The third-order valence-electron chi connectivity index (χ3n) is 3.86. The molecule has 1 aliphatic rings. The van der Waals surface area contributed by atoms with E-state index < -0.39 is 21.8 Å². The van der Waals surface area contributed by atoms with Gasteiger partial charge in [-0.1, -0.05) is 6.07 Å². The maximum Gasteiger partial charge on any atom is 0.416 e. The molecular formula is C14H20ClF3N2O2S. The number of alkyl halides is 3. The second kappa shape index (κ2) is 7.83. The molecule has 132 valence electrons. The summed E-state index contributed by atoms with van der Waals surface area (Å²) in [5.41, 5.74) is 4.55. The van der Waals surface area contributed by atoms with E-state index in [0.29, 0.717) is 38.5 Å². The van der Waals surface area contributed by atoms with Crippen molar-refractivity contribution in [3.05, 3.63) is 29.8 Å². The molecule has 9 heteroatoms. The van der Waals surface area contributed by atoms with Crippen LogP contribution in [0.3, 0.4) is 0 Å². The molecule has 0 radical (unpaired) electrons. The average Bonchev–Trinajstić information content (AvgIpc) is 2.47. The monoisotopic (exact) mass is 372 g/mol. The average molecular weight is 373 g/mol. The highest BCUT2D eigenvalue weighted by atomic mass is 35.5. The summed E-state index contributed by atoms with van der Waals surface area (Å²) in [7, 11) is -3.90. The van der Waals surface area contributed by atoms with Crippen molar-refractivity contribution in [1.29, 1.82) is 0 Å². The first-order valence-corrected chi connectivity index (χ1v) is 8.56. The van der Waals surface area contributed by atoms with Gasteiger partial charge >= 0.3 is 6.18 Å². The smallest absolute Gasteiger partial charge is 0.330 e. The molecule has 2 N–H and O–H groups in total. The second-order valence-corrected chi connectivity index (χ2v) is 7.41. The Labute approximate surface area is 140 Å². The molecule has 0 amide bonds. The Bertz CT molecular complexity index is 621. The fraction of sp³-hybridized carbons (Fsp3) is 0.571. The zero-order valence-electron chi connectivity index (χ0n) is 12.4. The highest BCUT2D eigenvalue weighted by Crippen LogP contribution is 2.32. The van der Waals surface area contributed by atoms with Crippen LogP contribution in [0.2, 0.25) is 0 Å². The van der Waals surface area contributed by atoms with Crippen LogP contribution in [0.25, 0.3) is 0 Å². The van der Waals surface area contributed by atoms with Gasteiger partial charge in [0.1, 0.15) is 0 Å². The molecular weight excluding hydrogens is 353 g/mol. The largest absolute Gasteiger partial charge is 0.416 e. The number of hydrogen-bond donors (Lipinski definition) is 1. The standard InChI is InChI=1S/C14H19F3N2O2S.ClH/c15-14(16,17)12-4-1-5-13(9-12)22(20,21)19-8-2-3-11(10-19)6-7-18;/h1,4-5,9,11H,2-3,6-8,10,18H2;1H. The third-order valence-corrected chi connectivity index (χ3v) is 5.72. The van der Waals surface area contributed by atoms with Crippen molar-refractivity contribution in [2.24, 2.45) is 11.7 Å². The van der Waals surface area contributed by atoms with Gasteiger partial charge in [-0.05, 0) is 49.9 Å². The van der Waals surface area contributed by atoms with Crippen LogP contribution in [0, 0.1) is 5.92 Å². The van der Waals surface area contributed by atoms with Crippen LogP contribution in [0.4, 0.5) is 13.2 Å². The normalized spacial score (nSPS) is 20.1. The Balaban J connectivity index is 0.00000264. The number of hydrogen-bond acceptors (Lipinski definition) is 3.